The third-order valence-corrected chi connectivity index (χ3v) is 9.56. The molecule has 0 saturated heterocycles. The number of aliphatic hydroxyl groups excluding tert-OH is 1. The van der Waals surface area contributed by atoms with E-state index in [2.05, 4.69) is 10.6 Å². The number of nitrogens with one attached hydrogen (secondary N) is 2. The predicted octanol–water partition coefficient (Wildman–Crippen LogP) is 7.18. The molecular weight excluding hydrogens is 653 g/mol. The molecule has 1 heterocycles. The first-order chi connectivity index (χ1) is 23.8. The Hall–Kier alpha value is -3.84. The van der Waals surface area contributed by atoms with Crippen molar-refractivity contribution >= 4 is 29.2 Å². The van der Waals surface area contributed by atoms with Crippen LogP contribution in [-0.2, 0) is 15.7 Å². The van der Waals surface area contributed by atoms with E-state index in [1.54, 1.807) is 37.1 Å². The van der Waals surface area contributed by atoms with E-state index in [0.29, 0.717) is 24.5 Å². The summed E-state index contributed by atoms with van der Waals surface area (Å²) >= 11 is 0. The summed E-state index contributed by atoms with van der Waals surface area (Å²) in [7, 11) is 1.57. The minimum Gasteiger partial charge on any atom is -0.490 e. The zero-order valence-electron chi connectivity index (χ0n) is 29.4. The Kier molecular flexibility index (Phi) is 13.9. The van der Waals surface area contributed by atoms with E-state index in [9.17, 15) is 32.7 Å². The van der Waals surface area contributed by atoms with Crippen molar-refractivity contribution in [1.82, 2.24) is 9.80 Å². The van der Waals surface area contributed by atoms with Crippen molar-refractivity contribution in [2.75, 3.05) is 44.0 Å². The number of anilines is 2. The van der Waals surface area contributed by atoms with E-state index >= 15 is 0 Å². The third kappa shape index (κ3) is 10.8. The molecule has 0 aromatic heterocycles. The van der Waals surface area contributed by atoms with E-state index in [4.69, 9.17) is 9.47 Å². The molecule has 1 aliphatic carbocycles. The van der Waals surface area contributed by atoms with Gasteiger partial charge in [-0.25, -0.2) is 4.79 Å². The molecule has 0 radical (unpaired) electrons. The summed E-state index contributed by atoms with van der Waals surface area (Å²) < 4.78 is 51.6. The van der Waals surface area contributed by atoms with Crippen LogP contribution in [0.2, 0.25) is 0 Å². The molecule has 276 valence electrons. The number of hydrogen-bond donors (Lipinski definition) is 3. The van der Waals surface area contributed by atoms with Crippen LogP contribution in [0.3, 0.4) is 0 Å². The predicted molar refractivity (Wildman–Crippen MR) is 185 cm³/mol. The first-order valence-electron chi connectivity index (χ1n) is 17.6. The molecule has 4 amide bonds. The van der Waals surface area contributed by atoms with Crippen LogP contribution < -0.4 is 15.4 Å². The van der Waals surface area contributed by atoms with Crippen molar-refractivity contribution in [3.05, 3.63) is 53.6 Å². The van der Waals surface area contributed by atoms with Gasteiger partial charge in [-0.15, -0.1) is 0 Å². The Bertz CT molecular complexity index is 1430. The van der Waals surface area contributed by atoms with Crippen LogP contribution in [0.4, 0.5) is 29.3 Å². The first-order valence-corrected chi connectivity index (χ1v) is 17.6. The number of aliphatic hydroxyl groups is 1. The van der Waals surface area contributed by atoms with Gasteiger partial charge in [-0.1, -0.05) is 26.2 Å². The topological polar surface area (TPSA) is 120 Å². The summed E-state index contributed by atoms with van der Waals surface area (Å²) in [6.45, 7) is 5.99. The van der Waals surface area contributed by atoms with Gasteiger partial charge >= 0.3 is 12.2 Å². The molecule has 13 heteroatoms. The fourth-order valence-corrected chi connectivity index (χ4v) is 6.39. The van der Waals surface area contributed by atoms with Crippen molar-refractivity contribution in [2.45, 2.75) is 96.6 Å². The molecule has 0 unspecified atom stereocenters. The summed E-state index contributed by atoms with van der Waals surface area (Å²) in [5.74, 6) is -0.421. The molecule has 2 aromatic carbocycles. The Balaban J connectivity index is 1.55. The molecule has 1 fully saturated rings. The molecule has 1 aliphatic heterocycles. The summed E-state index contributed by atoms with van der Waals surface area (Å²) in [5, 5.41) is 15.9. The lowest BCUT2D eigenvalue weighted by Crippen LogP contribution is -2.48. The van der Waals surface area contributed by atoms with Gasteiger partial charge in [0.15, 0.2) is 0 Å². The number of likely N-dealkylation sites (N-methyl/N-ethyl adjacent to an activating group) is 1. The number of rotatable bonds is 7. The van der Waals surface area contributed by atoms with E-state index in [-0.39, 0.29) is 60.7 Å². The number of urea groups is 1. The number of nitrogens with zero attached hydrogens (tertiary/aromatic N) is 2. The summed E-state index contributed by atoms with van der Waals surface area (Å²) in [5.41, 5.74) is 0.170. The molecular formula is C37H51F3N4O6. The molecule has 0 spiro atoms. The molecule has 4 atom stereocenters. The van der Waals surface area contributed by atoms with Gasteiger partial charge in [0.2, 0.25) is 5.91 Å². The smallest absolute Gasteiger partial charge is 0.416 e. The lowest BCUT2D eigenvalue weighted by Gasteiger charge is -2.35. The number of ether oxygens (including phenoxy) is 2. The molecule has 2 aliphatic rings. The SMILES string of the molecule is C[C@@H]1CN([C@@H](C)CO)C(=O)c2cc(NC(=O)C3CCCCC3)ccc2O[C@@H](C)CCCCO[C@@H]1CN(C)C(=O)Nc1ccc(C(F)(F)F)cc1. The summed E-state index contributed by atoms with van der Waals surface area (Å²) in [6, 6.07) is 8.22. The molecule has 50 heavy (non-hydrogen) atoms. The largest absolute Gasteiger partial charge is 0.490 e. The lowest BCUT2D eigenvalue weighted by atomic mass is 9.88. The quantitative estimate of drug-likeness (QED) is 0.281. The Labute approximate surface area is 292 Å². The normalized spacial score (nSPS) is 22.0. The van der Waals surface area contributed by atoms with Crippen LogP contribution in [-0.4, -0.2) is 84.4 Å². The summed E-state index contributed by atoms with van der Waals surface area (Å²) in [6.07, 6.45) is 1.84. The second-order valence-electron chi connectivity index (χ2n) is 13.7. The second-order valence-corrected chi connectivity index (χ2v) is 13.7. The van der Waals surface area contributed by atoms with Crippen molar-refractivity contribution in [3.63, 3.8) is 0 Å². The van der Waals surface area contributed by atoms with Gasteiger partial charge in [-0.05, 0) is 88.4 Å². The average Bonchev–Trinajstić information content (AvgIpc) is 3.09. The van der Waals surface area contributed by atoms with E-state index in [0.717, 1.165) is 57.1 Å². The number of benzene rings is 2. The monoisotopic (exact) mass is 704 g/mol. The third-order valence-electron chi connectivity index (χ3n) is 9.56. The maximum Gasteiger partial charge on any atom is 0.416 e. The molecule has 10 nitrogen and oxygen atoms in total. The number of hydrogen-bond acceptors (Lipinski definition) is 6. The standard InChI is InChI=1S/C37H51F3N4O6/c1-24-21-44(25(2)23-45)35(47)31-20-30(41-34(46)27-11-6-5-7-12-27)17-18-32(31)50-26(3)10-8-9-19-49-33(24)22-43(4)36(48)42-29-15-13-28(14-16-29)37(38,39)40/h13-18,20,24-27,33,45H,5-12,19,21-23H2,1-4H3,(H,41,46)(H,42,48)/t24-,25+,26+,33-/m1/s1. The zero-order chi connectivity index (χ0) is 36.4. The molecule has 3 N–H and O–H groups in total. The van der Waals surface area contributed by atoms with E-state index in [1.165, 1.54) is 17.0 Å². The highest BCUT2D eigenvalue weighted by Gasteiger charge is 2.32. The van der Waals surface area contributed by atoms with Gasteiger partial charge in [0, 0.05) is 50.0 Å². The number of amides is 4. The minimum absolute atomic E-state index is 0.0621. The second kappa shape index (κ2) is 17.9. The highest BCUT2D eigenvalue weighted by atomic mass is 19.4. The highest BCUT2D eigenvalue weighted by molar-refractivity contribution is 6.00. The van der Waals surface area contributed by atoms with E-state index in [1.807, 2.05) is 13.8 Å². The number of halogens is 3. The lowest BCUT2D eigenvalue weighted by molar-refractivity contribution is -0.137. The van der Waals surface area contributed by atoms with Crippen LogP contribution in [0.25, 0.3) is 0 Å². The maximum atomic E-state index is 14.4. The maximum absolute atomic E-state index is 14.4. The zero-order valence-corrected chi connectivity index (χ0v) is 29.4. The van der Waals surface area contributed by atoms with Crippen LogP contribution in [0.1, 0.15) is 88.1 Å². The summed E-state index contributed by atoms with van der Waals surface area (Å²) in [4.78, 5) is 43.5. The fourth-order valence-electron chi connectivity index (χ4n) is 6.39. The van der Waals surface area contributed by atoms with Crippen LogP contribution in [0.5, 0.6) is 5.75 Å². The Morgan fingerprint density at radius 3 is 2.30 bits per heavy atom. The van der Waals surface area contributed by atoms with Gasteiger partial charge in [0.25, 0.3) is 5.91 Å². The van der Waals surface area contributed by atoms with Crippen LogP contribution in [0.15, 0.2) is 42.5 Å². The van der Waals surface area contributed by atoms with Crippen LogP contribution >= 0.6 is 0 Å². The van der Waals surface area contributed by atoms with Crippen LogP contribution in [0, 0.1) is 11.8 Å². The molecule has 4 rings (SSSR count). The van der Waals surface area contributed by atoms with Crippen molar-refractivity contribution in [2.24, 2.45) is 11.8 Å². The van der Waals surface area contributed by atoms with Gasteiger partial charge in [0.05, 0.1) is 36.0 Å². The van der Waals surface area contributed by atoms with E-state index < -0.39 is 29.9 Å². The number of alkyl halides is 3. The molecule has 2 aromatic rings. The Morgan fingerprint density at radius 1 is 0.980 bits per heavy atom. The highest BCUT2D eigenvalue weighted by Crippen LogP contribution is 2.31. The van der Waals surface area contributed by atoms with Gasteiger partial charge < -0.3 is 35.0 Å². The van der Waals surface area contributed by atoms with Crippen molar-refractivity contribution in [3.8, 4) is 5.75 Å². The number of fused-ring (bicyclic) bond motifs is 1. The fraction of sp³-hybridized carbons (Fsp3) is 0.595. The minimum atomic E-state index is -4.48. The molecule has 0 bridgehead atoms. The molecule has 1 saturated carbocycles. The van der Waals surface area contributed by atoms with Gasteiger partial charge in [0.1, 0.15) is 5.75 Å². The van der Waals surface area contributed by atoms with Gasteiger partial charge in [-0.3, -0.25) is 9.59 Å². The Morgan fingerprint density at radius 2 is 1.64 bits per heavy atom. The first kappa shape index (κ1) is 39.0. The number of carbonyl (C=O) groups excluding carboxylic acids is 3. The van der Waals surface area contributed by atoms with Gasteiger partial charge in [-0.2, -0.15) is 13.2 Å². The van der Waals surface area contributed by atoms with Crippen molar-refractivity contribution < 1.29 is 42.1 Å². The number of carbonyl (C=O) groups is 3. The van der Waals surface area contributed by atoms with Crippen molar-refractivity contribution in [1.29, 1.82) is 0 Å². The average molecular weight is 705 g/mol.